The van der Waals surface area contributed by atoms with E-state index in [4.69, 9.17) is 0 Å². The molecule has 0 unspecified atom stereocenters. The van der Waals surface area contributed by atoms with Crippen molar-refractivity contribution in [2.75, 3.05) is 0 Å². The maximum atomic E-state index is 10.4. The minimum atomic E-state index is -0.359. The van der Waals surface area contributed by atoms with Gasteiger partial charge in [-0.05, 0) is 39.9 Å². The van der Waals surface area contributed by atoms with Gasteiger partial charge in [0.1, 0.15) is 0 Å². The average molecular weight is 355 g/mol. The van der Waals surface area contributed by atoms with Crippen LogP contribution in [-0.2, 0) is 13.0 Å². The van der Waals surface area contributed by atoms with Gasteiger partial charge in [-0.15, -0.1) is 0 Å². The fourth-order valence-electron chi connectivity index (χ4n) is 3.98. The van der Waals surface area contributed by atoms with Gasteiger partial charge in [0.05, 0.1) is 29.5 Å². The number of benzene rings is 3. The Labute approximate surface area is 157 Å². The van der Waals surface area contributed by atoms with E-state index in [0.717, 1.165) is 24.0 Å². The van der Waals surface area contributed by atoms with E-state index in [1.54, 1.807) is 6.33 Å². The number of aromatic amines is 1. The molecule has 4 aromatic rings. The highest BCUT2D eigenvalue weighted by Crippen LogP contribution is 2.31. The lowest BCUT2D eigenvalue weighted by Gasteiger charge is -2.18. The first-order valence-corrected chi connectivity index (χ1v) is 9.30. The van der Waals surface area contributed by atoms with Gasteiger partial charge < -0.3 is 15.4 Å². The molecule has 0 saturated heterocycles. The van der Waals surface area contributed by atoms with Crippen LogP contribution in [0.3, 0.4) is 0 Å². The summed E-state index contributed by atoms with van der Waals surface area (Å²) in [5.41, 5.74) is 8.05. The van der Waals surface area contributed by atoms with E-state index < -0.39 is 0 Å². The molecule has 0 aliphatic heterocycles. The molecule has 0 bridgehead atoms. The first-order valence-electron chi connectivity index (χ1n) is 9.30. The minimum Gasteiger partial charge on any atom is -0.391 e. The zero-order valence-electron chi connectivity index (χ0n) is 14.9. The van der Waals surface area contributed by atoms with Gasteiger partial charge >= 0.3 is 0 Å². The molecule has 0 radical (unpaired) electrons. The molecule has 0 amide bonds. The van der Waals surface area contributed by atoms with Crippen LogP contribution < -0.4 is 5.32 Å². The molecule has 1 aliphatic carbocycles. The summed E-state index contributed by atoms with van der Waals surface area (Å²) in [6.45, 7) is 0.732. The third kappa shape index (κ3) is 3.03. The summed E-state index contributed by atoms with van der Waals surface area (Å²) in [5.74, 6) is 0. The van der Waals surface area contributed by atoms with E-state index in [0.29, 0.717) is 0 Å². The van der Waals surface area contributed by atoms with E-state index in [1.807, 2.05) is 18.2 Å². The van der Waals surface area contributed by atoms with Crippen LogP contribution in [0.1, 0.15) is 22.7 Å². The molecule has 3 aromatic carbocycles. The molecule has 0 fully saturated rings. The lowest BCUT2D eigenvalue weighted by molar-refractivity contribution is 0.140. The van der Waals surface area contributed by atoms with Gasteiger partial charge in [-0.3, -0.25) is 0 Å². The number of aliphatic hydroxyl groups excluding tert-OH is 1. The maximum Gasteiger partial charge on any atom is 0.0931 e. The van der Waals surface area contributed by atoms with Gasteiger partial charge in [-0.25, -0.2) is 4.98 Å². The molecule has 5 rings (SSSR count). The first kappa shape index (κ1) is 16.2. The van der Waals surface area contributed by atoms with Crippen molar-refractivity contribution in [3.8, 4) is 11.1 Å². The van der Waals surface area contributed by atoms with Crippen molar-refractivity contribution in [2.24, 2.45) is 0 Å². The predicted molar refractivity (Wildman–Crippen MR) is 107 cm³/mol. The molecular formula is C23H21N3O. The average Bonchev–Trinajstić information content (AvgIpc) is 3.29. The molecule has 1 aliphatic rings. The number of aliphatic hydroxyl groups is 1. The van der Waals surface area contributed by atoms with Crippen molar-refractivity contribution in [1.82, 2.24) is 15.3 Å². The molecule has 4 nitrogen and oxygen atoms in total. The summed E-state index contributed by atoms with van der Waals surface area (Å²) in [7, 11) is 0. The Morgan fingerprint density at radius 3 is 2.70 bits per heavy atom. The first-order chi connectivity index (χ1) is 13.3. The fraction of sp³-hybridized carbons (Fsp3) is 0.174. The molecule has 3 N–H and O–H groups in total. The molecule has 0 spiro atoms. The zero-order chi connectivity index (χ0) is 18.2. The number of hydrogen-bond acceptors (Lipinski definition) is 3. The Kier molecular flexibility index (Phi) is 4.00. The molecule has 0 saturated carbocycles. The van der Waals surface area contributed by atoms with Crippen molar-refractivity contribution in [3.63, 3.8) is 0 Å². The van der Waals surface area contributed by atoms with Crippen LogP contribution in [0, 0.1) is 0 Å². The summed E-state index contributed by atoms with van der Waals surface area (Å²) >= 11 is 0. The highest BCUT2D eigenvalue weighted by molar-refractivity contribution is 5.81. The molecule has 1 aromatic heterocycles. The van der Waals surface area contributed by atoms with Crippen molar-refractivity contribution in [1.29, 1.82) is 0 Å². The Morgan fingerprint density at radius 2 is 1.81 bits per heavy atom. The number of nitrogens with zero attached hydrogens (tertiary/aromatic N) is 1. The summed E-state index contributed by atoms with van der Waals surface area (Å²) < 4.78 is 0. The van der Waals surface area contributed by atoms with Gasteiger partial charge in [-0.1, -0.05) is 54.6 Å². The second-order valence-corrected chi connectivity index (χ2v) is 7.16. The summed E-state index contributed by atoms with van der Waals surface area (Å²) in [6.07, 6.45) is 2.09. The normalized spacial score (nSPS) is 18.7. The van der Waals surface area contributed by atoms with Crippen molar-refractivity contribution < 1.29 is 5.11 Å². The van der Waals surface area contributed by atoms with Crippen molar-refractivity contribution >= 4 is 11.0 Å². The summed E-state index contributed by atoms with van der Waals surface area (Å²) in [6, 6.07) is 23.1. The highest BCUT2D eigenvalue weighted by Gasteiger charge is 2.29. The predicted octanol–water partition coefficient (Wildman–Crippen LogP) is 3.98. The van der Waals surface area contributed by atoms with Crippen molar-refractivity contribution in [2.45, 2.75) is 25.1 Å². The van der Waals surface area contributed by atoms with E-state index in [-0.39, 0.29) is 12.1 Å². The third-order valence-electron chi connectivity index (χ3n) is 5.44. The van der Waals surface area contributed by atoms with Crippen LogP contribution in [0.4, 0.5) is 0 Å². The van der Waals surface area contributed by atoms with Gasteiger partial charge in [0.2, 0.25) is 0 Å². The third-order valence-corrected chi connectivity index (χ3v) is 5.44. The van der Waals surface area contributed by atoms with E-state index in [1.165, 1.54) is 27.8 Å². The lowest BCUT2D eigenvalue weighted by atomic mass is 10.0. The number of imidazole rings is 1. The Bertz CT molecular complexity index is 1080. The Balaban J connectivity index is 1.31. The van der Waals surface area contributed by atoms with Crippen molar-refractivity contribution in [3.05, 3.63) is 89.7 Å². The number of fused-ring (bicyclic) bond motifs is 2. The van der Waals surface area contributed by atoms with Crippen LogP contribution in [-0.4, -0.2) is 21.2 Å². The molecule has 1 heterocycles. The fourth-order valence-corrected chi connectivity index (χ4v) is 3.98. The number of rotatable bonds is 4. The summed E-state index contributed by atoms with van der Waals surface area (Å²) in [4.78, 5) is 7.43. The number of H-pyrrole nitrogens is 1. The molecule has 4 heteroatoms. The minimum absolute atomic E-state index is 0.00339. The smallest absolute Gasteiger partial charge is 0.0931 e. The largest absolute Gasteiger partial charge is 0.391 e. The van der Waals surface area contributed by atoms with Crippen LogP contribution in [0.25, 0.3) is 22.2 Å². The van der Waals surface area contributed by atoms with Crippen LogP contribution in [0.15, 0.2) is 73.1 Å². The van der Waals surface area contributed by atoms with Gasteiger partial charge in [0.25, 0.3) is 0 Å². The topological polar surface area (TPSA) is 60.9 Å². The van der Waals surface area contributed by atoms with Gasteiger partial charge in [0, 0.05) is 13.0 Å². The lowest BCUT2D eigenvalue weighted by Crippen LogP contribution is -2.28. The number of aromatic nitrogens is 2. The van der Waals surface area contributed by atoms with Gasteiger partial charge in [-0.2, -0.15) is 0 Å². The second-order valence-electron chi connectivity index (χ2n) is 7.16. The monoisotopic (exact) mass is 355 g/mol. The van der Waals surface area contributed by atoms with E-state index in [9.17, 15) is 5.11 Å². The van der Waals surface area contributed by atoms with Crippen LogP contribution in [0.2, 0.25) is 0 Å². The molecule has 134 valence electrons. The molecular weight excluding hydrogens is 334 g/mol. The van der Waals surface area contributed by atoms with E-state index in [2.05, 4.69) is 63.8 Å². The number of nitrogens with one attached hydrogen (secondary N) is 2. The second kappa shape index (κ2) is 6.65. The highest BCUT2D eigenvalue weighted by atomic mass is 16.3. The Morgan fingerprint density at radius 1 is 1.00 bits per heavy atom. The molecule has 2 atom stereocenters. The maximum absolute atomic E-state index is 10.4. The molecule has 27 heavy (non-hydrogen) atoms. The Hall–Kier alpha value is -2.95. The van der Waals surface area contributed by atoms with E-state index >= 15 is 0 Å². The van der Waals surface area contributed by atoms with Crippen LogP contribution >= 0.6 is 0 Å². The standard InChI is InChI=1S/C23H21N3O/c27-22-12-18-3-1-2-4-19(18)23(22)24-13-15-5-7-16(8-6-15)17-9-10-20-21(11-17)26-14-25-20/h1-11,14,22-24,27H,12-13H2,(H,25,26)/t22-,23+/m0/s1. The van der Waals surface area contributed by atoms with Crippen LogP contribution in [0.5, 0.6) is 0 Å². The van der Waals surface area contributed by atoms with Gasteiger partial charge in [0.15, 0.2) is 0 Å². The zero-order valence-corrected chi connectivity index (χ0v) is 14.9. The number of hydrogen-bond donors (Lipinski definition) is 3. The summed E-state index contributed by atoms with van der Waals surface area (Å²) in [5, 5.41) is 13.9. The quantitative estimate of drug-likeness (QED) is 0.519. The SMILES string of the molecule is O[C@H]1Cc2ccccc2[C@H]1NCc1ccc(-c2ccc3nc[nH]c3c2)cc1.